The highest BCUT2D eigenvalue weighted by Crippen LogP contribution is 2.38. The summed E-state index contributed by atoms with van der Waals surface area (Å²) >= 11 is 0. The number of rotatable bonds is 30. The van der Waals surface area contributed by atoms with Crippen LogP contribution in [0.1, 0.15) is 129 Å². The second-order valence-corrected chi connectivity index (χ2v) is 13.6. The van der Waals surface area contributed by atoms with Gasteiger partial charge in [0, 0.05) is 13.0 Å². The van der Waals surface area contributed by atoms with E-state index < -0.39 is 13.9 Å². The molecule has 0 spiro atoms. The number of carbonyl (C=O) groups is 1. The van der Waals surface area contributed by atoms with Crippen molar-refractivity contribution in [3.05, 3.63) is 12.2 Å². The third kappa shape index (κ3) is 30.5. The zero-order valence-corrected chi connectivity index (χ0v) is 28.1. The molecule has 0 saturated heterocycles. The Balaban J connectivity index is 4.16. The molecule has 0 radical (unpaired) electrons. The Bertz CT molecular complexity index is 681. The van der Waals surface area contributed by atoms with Crippen LogP contribution < -0.4 is 4.89 Å². The molecule has 0 heterocycles. The molecule has 0 N–H and O–H groups in total. The topological polar surface area (TPSA) is 94.1 Å². The highest BCUT2D eigenvalue weighted by Gasteiger charge is 2.20. The van der Waals surface area contributed by atoms with Gasteiger partial charge in [0.2, 0.25) is 0 Å². The van der Waals surface area contributed by atoms with Crippen molar-refractivity contribution in [1.29, 1.82) is 0 Å². The number of carbonyl (C=O) groups excluding carboxylic acids is 1. The summed E-state index contributed by atoms with van der Waals surface area (Å²) in [6.45, 7) is 5.25. The van der Waals surface area contributed by atoms with E-state index in [2.05, 4.69) is 26.0 Å². The number of nitrogens with zero attached hydrogens (tertiary/aromatic N) is 1. The summed E-state index contributed by atoms with van der Waals surface area (Å²) in [6, 6.07) is 0. The maximum atomic E-state index is 12.3. The molecule has 2 unspecified atom stereocenters. The van der Waals surface area contributed by atoms with E-state index in [-0.39, 0.29) is 25.8 Å². The zero-order valence-electron chi connectivity index (χ0n) is 27.2. The Morgan fingerprint density at radius 1 is 0.732 bits per heavy atom. The van der Waals surface area contributed by atoms with Crippen LogP contribution in [-0.4, -0.2) is 70.7 Å². The van der Waals surface area contributed by atoms with E-state index in [1.165, 1.54) is 70.6 Å². The van der Waals surface area contributed by atoms with Crippen molar-refractivity contribution in [2.24, 2.45) is 0 Å². The Kier molecular flexibility index (Phi) is 26.3. The third-order valence-electron chi connectivity index (χ3n) is 6.82. The van der Waals surface area contributed by atoms with Gasteiger partial charge in [-0.2, -0.15) is 0 Å². The van der Waals surface area contributed by atoms with Crippen LogP contribution >= 0.6 is 7.82 Å². The minimum atomic E-state index is -4.49. The smallest absolute Gasteiger partial charge is 0.306 e. The molecule has 244 valence electrons. The Hall–Kier alpha value is -0.760. The summed E-state index contributed by atoms with van der Waals surface area (Å²) in [7, 11) is 1.35. The van der Waals surface area contributed by atoms with Crippen LogP contribution in [0.25, 0.3) is 0 Å². The molecule has 9 heteroatoms. The van der Waals surface area contributed by atoms with Gasteiger partial charge in [0.15, 0.2) is 0 Å². The second kappa shape index (κ2) is 26.8. The van der Waals surface area contributed by atoms with Crippen LogP contribution in [0.4, 0.5) is 0 Å². The Morgan fingerprint density at radius 2 is 1.27 bits per heavy atom. The minimum absolute atomic E-state index is 0.0263. The normalized spacial score (nSPS) is 14.4. The van der Waals surface area contributed by atoms with E-state index in [1.54, 1.807) is 0 Å². The number of quaternary nitrogens is 1. The summed E-state index contributed by atoms with van der Waals surface area (Å²) in [5.41, 5.74) is 0. The van der Waals surface area contributed by atoms with Crippen molar-refractivity contribution in [1.82, 2.24) is 0 Å². The molecule has 0 aliphatic carbocycles. The number of hydrogen-bond donors (Lipinski definition) is 0. The average Bonchev–Trinajstić information content (AvgIpc) is 2.90. The first-order chi connectivity index (χ1) is 19.6. The van der Waals surface area contributed by atoms with E-state index in [0.29, 0.717) is 24.1 Å². The van der Waals surface area contributed by atoms with Crippen LogP contribution in [0.5, 0.6) is 0 Å². The molecule has 0 amide bonds. The summed E-state index contributed by atoms with van der Waals surface area (Å²) in [6.07, 6.45) is 24.1. The fraction of sp³-hybridized carbons (Fsp3) is 0.906. The van der Waals surface area contributed by atoms with Gasteiger partial charge in [-0.3, -0.25) is 9.36 Å². The highest BCUT2D eigenvalue weighted by atomic mass is 31.2. The number of unbranched alkanes of at least 4 members (excludes halogenated alkanes) is 14. The molecule has 0 aromatic carbocycles. The lowest BCUT2D eigenvalue weighted by Gasteiger charge is -2.28. The summed E-state index contributed by atoms with van der Waals surface area (Å²) in [4.78, 5) is 24.5. The highest BCUT2D eigenvalue weighted by molar-refractivity contribution is 7.45. The molecule has 8 nitrogen and oxygen atoms in total. The van der Waals surface area contributed by atoms with Gasteiger partial charge in [-0.25, -0.2) is 0 Å². The molecule has 0 fully saturated rings. The van der Waals surface area contributed by atoms with Crippen molar-refractivity contribution in [3.63, 3.8) is 0 Å². The van der Waals surface area contributed by atoms with E-state index in [1.807, 2.05) is 21.1 Å². The fourth-order valence-electron chi connectivity index (χ4n) is 4.18. The zero-order chi connectivity index (χ0) is 30.7. The predicted octanol–water partition coefficient (Wildman–Crippen LogP) is 7.74. The van der Waals surface area contributed by atoms with E-state index in [4.69, 9.17) is 18.5 Å². The minimum Gasteiger partial charge on any atom is -0.756 e. The quantitative estimate of drug-likeness (QED) is 0.0272. The van der Waals surface area contributed by atoms with Crippen LogP contribution in [0.15, 0.2) is 12.2 Å². The number of hydrogen-bond acceptors (Lipinski definition) is 7. The maximum Gasteiger partial charge on any atom is 0.306 e. The average molecular weight is 606 g/mol. The number of likely N-dealkylation sites (N-methyl/N-ethyl adjacent to an activating group) is 1. The molecule has 0 aliphatic heterocycles. The van der Waals surface area contributed by atoms with Gasteiger partial charge in [0.1, 0.15) is 19.3 Å². The first-order valence-corrected chi connectivity index (χ1v) is 17.9. The lowest BCUT2D eigenvalue weighted by molar-refractivity contribution is -0.870. The lowest BCUT2D eigenvalue weighted by atomic mass is 10.1. The summed E-state index contributed by atoms with van der Waals surface area (Å²) < 4.78 is 34.0. The Morgan fingerprint density at radius 3 is 1.85 bits per heavy atom. The number of allylic oxidation sites excluding steroid dienone is 2. The molecular formula is C32H64NO7P. The van der Waals surface area contributed by atoms with E-state index in [9.17, 15) is 14.3 Å². The lowest BCUT2D eigenvalue weighted by Crippen LogP contribution is -2.37. The summed E-state index contributed by atoms with van der Waals surface area (Å²) in [5.74, 6) is -0.355. The monoisotopic (exact) mass is 605 g/mol. The van der Waals surface area contributed by atoms with Crippen molar-refractivity contribution >= 4 is 13.8 Å². The Labute approximate surface area is 252 Å². The maximum absolute atomic E-state index is 12.3. The third-order valence-corrected chi connectivity index (χ3v) is 7.78. The van der Waals surface area contributed by atoms with Crippen LogP contribution in [0.3, 0.4) is 0 Å². The van der Waals surface area contributed by atoms with Gasteiger partial charge in [0.05, 0.1) is 34.4 Å². The SMILES string of the molecule is CCCCCCC/C=C\CCCCCCCCOCC(COP(=O)([O-])OCC[N+](C)(C)C)OC(=O)CCCCCC. The van der Waals surface area contributed by atoms with E-state index >= 15 is 0 Å². The number of ether oxygens (including phenoxy) is 2. The molecule has 0 aromatic rings. The van der Waals surface area contributed by atoms with Gasteiger partial charge in [-0.05, 0) is 38.5 Å². The van der Waals surface area contributed by atoms with Gasteiger partial charge in [-0.1, -0.05) is 96.6 Å². The van der Waals surface area contributed by atoms with Crippen molar-refractivity contribution in [3.8, 4) is 0 Å². The van der Waals surface area contributed by atoms with Crippen molar-refractivity contribution < 1.29 is 37.3 Å². The van der Waals surface area contributed by atoms with E-state index in [0.717, 1.165) is 38.5 Å². The number of phosphoric acid groups is 1. The van der Waals surface area contributed by atoms with Gasteiger partial charge in [-0.15, -0.1) is 0 Å². The van der Waals surface area contributed by atoms with Crippen molar-refractivity contribution in [2.45, 2.75) is 136 Å². The molecule has 0 aliphatic rings. The molecular weight excluding hydrogens is 541 g/mol. The molecule has 0 saturated carbocycles. The fourth-order valence-corrected chi connectivity index (χ4v) is 4.91. The molecule has 41 heavy (non-hydrogen) atoms. The van der Waals surface area contributed by atoms with Crippen molar-refractivity contribution in [2.75, 3.05) is 54.1 Å². The number of phosphoric ester groups is 1. The first kappa shape index (κ1) is 40.2. The van der Waals surface area contributed by atoms with Crippen LogP contribution in [-0.2, 0) is 27.9 Å². The first-order valence-electron chi connectivity index (χ1n) is 16.4. The molecule has 0 bridgehead atoms. The van der Waals surface area contributed by atoms with Gasteiger partial charge < -0.3 is 27.9 Å². The van der Waals surface area contributed by atoms with Gasteiger partial charge in [0.25, 0.3) is 7.82 Å². The standard InChI is InChI=1S/C32H64NO7P/c1-6-8-10-12-13-14-15-16-17-18-19-20-21-22-24-27-37-29-31(40-32(34)25-23-11-9-7-2)30-39-41(35,36)38-28-26-33(3,4)5/h15-16,31H,6-14,17-30H2,1-5H3/b16-15-. The largest absolute Gasteiger partial charge is 0.756 e. The van der Waals surface area contributed by atoms with Gasteiger partial charge >= 0.3 is 5.97 Å². The molecule has 2 atom stereocenters. The molecule has 0 aromatic heterocycles. The summed E-state index contributed by atoms with van der Waals surface area (Å²) in [5, 5.41) is 0. The second-order valence-electron chi connectivity index (χ2n) is 12.2. The predicted molar refractivity (Wildman–Crippen MR) is 167 cm³/mol. The molecule has 0 rings (SSSR count). The van der Waals surface area contributed by atoms with Crippen LogP contribution in [0, 0.1) is 0 Å². The van der Waals surface area contributed by atoms with Crippen LogP contribution in [0.2, 0.25) is 0 Å². The number of esters is 1.